The van der Waals surface area contributed by atoms with Crippen molar-refractivity contribution in [1.29, 1.82) is 0 Å². The van der Waals surface area contributed by atoms with Crippen LogP contribution in [0.15, 0.2) is 24.3 Å². The van der Waals surface area contributed by atoms with Gasteiger partial charge in [0.15, 0.2) is 11.2 Å². The molecule has 0 bridgehead atoms. The Hall–Kier alpha value is -1.88. The molecule has 0 aliphatic carbocycles. The molecule has 1 aromatic heterocycles. The molecule has 3 rings (SSSR count). The Morgan fingerprint density at radius 2 is 2.21 bits per heavy atom. The average Bonchev–Trinajstić information content (AvgIpc) is 2.93. The molecule has 4 nitrogen and oxygen atoms in total. The van der Waals surface area contributed by atoms with Crippen molar-refractivity contribution in [2.45, 2.75) is 26.4 Å². The van der Waals surface area contributed by atoms with Crippen molar-refractivity contribution in [2.24, 2.45) is 0 Å². The topological polar surface area (TPSA) is 51.2 Å². The van der Waals surface area contributed by atoms with E-state index in [1.165, 1.54) is 11.3 Å². The van der Waals surface area contributed by atoms with Gasteiger partial charge in [0.05, 0.1) is 5.69 Å². The summed E-state index contributed by atoms with van der Waals surface area (Å²) in [6.45, 7) is 3.92. The molecule has 1 aromatic carbocycles. The van der Waals surface area contributed by atoms with E-state index in [1.54, 1.807) is 0 Å². The second kappa shape index (κ2) is 4.66. The van der Waals surface area contributed by atoms with Crippen LogP contribution in [0.4, 0.5) is 5.13 Å². The van der Waals surface area contributed by atoms with E-state index in [2.05, 4.69) is 10.3 Å². The van der Waals surface area contributed by atoms with E-state index in [-0.39, 0.29) is 5.91 Å². The fourth-order valence-electron chi connectivity index (χ4n) is 2.04. The molecule has 1 N–H and O–H groups in total. The molecule has 1 aliphatic heterocycles. The van der Waals surface area contributed by atoms with Gasteiger partial charge in [0.1, 0.15) is 5.75 Å². The molecule has 0 saturated heterocycles. The van der Waals surface area contributed by atoms with Crippen LogP contribution in [0.5, 0.6) is 5.75 Å². The highest BCUT2D eigenvalue weighted by molar-refractivity contribution is 7.15. The molecule has 19 heavy (non-hydrogen) atoms. The van der Waals surface area contributed by atoms with Crippen molar-refractivity contribution in [3.8, 4) is 5.75 Å². The number of nitrogens with one attached hydrogen (secondary N) is 1. The van der Waals surface area contributed by atoms with Gasteiger partial charge in [0.25, 0.3) is 5.91 Å². The molecule has 1 amide bonds. The van der Waals surface area contributed by atoms with Crippen LogP contribution in [-0.2, 0) is 11.2 Å². The second-order valence-corrected chi connectivity index (χ2v) is 5.77. The SMILES string of the molecule is Cc1nc(NC(=O)C2Cc3ccccc3O2)sc1C. The van der Waals surface area contributed by atoms with Gasteiger partial charge in [0.2, 0.25) is 0 Å². The monoisotopic (exact) mass is 274 g/mol. The second-order valence-electron chi connectivity index (χ2n) is 4.57. The molecule has 0 fully saturated rings. The minimum absolute atomic E-state index is 0.134. The molecule has 2 aromatic rings. The quantitative estimate of drug-likeness (QED) is 0.916. The number of aromatic nitrogens is 1. The highest BCUT2D eigenvalue weighted by Crippen LogP contribution is 2.29. The summed E-state index contributed by atoms with van der Waals surface area (Å²) in [6.07, 6.45) is 0.160. The van der Waals surface area contributed by atoms with E-state index >= 15 is 0 Å². The van der Waals surface area contributed by atoms with Crippen LogP contribution in [0.25, 0.3) is 0 Å². The smallest absolute Gasteiger partial charge is 0.267 e. The van der Waals surface area contributed by atoms with Gasteiger partial charge in [-0.15, -0.1) is 11.3 Å². The van der Waals surface area contributed by atoms with Gasteiger partial charge in [-0.1, -0.05) is 18.2 Å². The van der Waals surface area contributed by atoms with E-state index in [9.17, 15) is 4.79 Å². The Labute approximate surface area is 115 Å². The van der Waals surface area contributed by atoms with E-state index in [1.807, 2.05) is 38.1 Å². The van der Waals surface area contributed by atoms with Gasteiger partial charge in [-0.3, -0.25) is 10.1 Å². The number of hydrogen-bond donors (Lipinski definition) is 1. The Morgan fingerprint density at radius 3 is 2.89 bits per heavy atom. The third-order valence-corrected chi connectivity index (χ3v) is 4.19. The maximum absolute atomic E-state index is 12.1. The number of anilines is 1. The zero-order valence-corrected chi connectivity index (χ0v) is 11.6. The number of thiazole rings is 1. The molecule has 0 spiro atoms. The molecular weight excluding hydrogens is 260 g/mol. The Kier molecular flexibility index (Phi) is 2.98. The van der Waals surface area contributed by atoms with E-state index in [0.717, 1.165) is 21.9 Å². The van der Waals surface area contributed by atoms with Gasteiger partial charge < -0.3 is 4.74 Å². The highest BCUT2D eigenvalue weighted by Gasteiger charge is 2.29. The highest BCUT2D eigenvalue weighted by atomic mass is 32.1. The molecular formula is C14H14N2O2S. The first-order valence-electron chi connectivity index (χ1n) is 6.13. The van der Waals surface area contributed by atoms with Crippen molar-refractivity contribution < 1.29 is 9.53 Å². The summed E-state index contributed by atoms with van der Waals surface area (Å²) in [7, 11) is 0. The number of ether oxygens (including phenoxy) is 1. The van der Waals surface area contributed by atoms with Gasteiger partial charge in [0, 0.05) is 11.3 Å². The van der Waals surface area contributed by atoms with Crippen LogP contribution in [0.3, 0.4) is 0 Å². The summed E-state index contributed by atoms with van der Waals surface area (Å²) < 4.78 is 5.64. The average molecular weight is 274 g/mol. The summed E-state index contributed by atoms with van der Waals surface area (Å²) in [5.41, 5.74) is 2.03. The maximum Gasteiger partial charge on any atom is 0.267 e. The van der Waals surface area contributed by atoms with Gasteiger partial charge in [-0.2, -0.15) is 0 Å². The minimum Gasteiger partial charge on any atom is -0.480 e. The Bertz CT molecular complexity index is 592. The molecule has 98 valence electrons. The molecule has 5 heteroatoms. The van der Waals surface area contributed by atoms with Gasteiger partial charge >= 0.3 is 0 Å². The zero-order valence-electron chi connectivity index (χ0n) is 10.8. The van der Waals surface area contributed by atoms with Crippen LogP contribution in [0, 0.1) is 13.8 Å². The molecule has 2 heterocycles. The lowest BCUT2D eigenvalue weighted by molar-refractivity contribution is -0.122. The summed E-state index contributed by atoms with van der Waals surface area (Å²) >= 11 is 1.49. The van der Waals surface area contributed by atoms with E-state index in [4.69, 9.17) is 4.74 Å². The molecule has 0 radical (unpaired) electrons. The summed E-state index contributed by atoms with van der Waals surface area (Å²) in [4.78, 5) is 17.6. The fraction of sp³-hybridized carbons (Fsp3) is 0.286. The van der Waals surface area contributed by atoms with Crippen molar-refractivity contribution in [3.63, 3.8) is 0 Å². The van der Waals surface area contributed by atoms with Crippen molar-refractivity contribution >= 4 is 22.4 Å². The summed E-state index contributed by atoms with van der Waals surface area (Å²) in [6, 6.07) is 7.74. The predicted octanol–water partition coefficient (Wildman–Crippen LogP) is 2.70. The standard InChI is InChI=1S/C14H14N2O2S/c1-8-9(2)19-14(15-8)16-13(17)12-7-10-5-3-4-6-11(10)18-12/h3-6,12H,7H2,1-2H3,(H,15,16,17). The number of rotatable bonds is 2. The van der Waals surface area contributed by atoms with Gasteiger partial charge in [-0.25, -0.2) is 4.98 Å². The fourth-order valence-corrected chi connectivity index (χ4v) is 2.86. The molecule has 1 unspecified atom stereocenters. The predicted molar refractivity (Wildman–Crippen MR) is 74.8 cm³/mol. The first-order valence-corrected chi connectivity index (χ1v) is 6.94. The number of benzene rings is 1. The van der Waals surface area contributed by atoms with Crippen LogP contribution < -0.4 is 10.1 Å². The van der Waals surface area contributed by atoms with Gasteiger partial charge in [-0.05, 0) is 25.5 Å². The number of aryl methyl sites for hydroxylation is 2. The van der Waals surface area contributed by atoms with Crippen LogP contribution in [0.2, 0.25) is 0 Å². The Balaban J connectivity index is 1.70. The number of fused-ring (bicyclic) bond motifs is 1. The number of para-hydroxylation sites is 1. The van der Waals surface area contributed by atoms with Crippen molar-refractivity contribution in [2.75, 3.05) is 5.32 Å². The van der Waals surface area contributed by atoms with Crippen LogP contribution in [0.1, 0.15) is 16.1 Å². The minimum atomic E-state index is -0.457. The third kappa shape index (κ3) is 2.33. The number of hydrogen-bond acceptors (Lipinski definition) is 4. The lowest BCUT2D eigenvalue weighted by Gasteiger charge is -2.09. The van der Waals surface area contributed by atoms with Crippen LogP contribution >= 0.6 is 11.3 Å². The number of carbonyl (C=O) groups is 1. The number of nitrogens with zero attached hydrogens (tertiary/aromatic N) is 1. The largest absolute Gasteiger partial charge is 0.480 e. The summed E-state index contributed by atoms with van der Waals surface area (Å²) in [5.74, 6) is 0.666. The first kappa shape index (κ1) is 12.2. The lowest BCUT2D eigenvalue weighted by atomic mass is 10.1. The lowest BCUT2D eigenvalue weighted by Crippen LogP contribution is -2.31. The normalized spacial score (nSPS) is 16.8. The first-order chi connectivity index (χ1) is 9.13. The zero-order chi connectivity index (χ0) is 13.4. The molecule has 1 atom stereocenters. The molecule has 1 aliphatic rings. The number of amides is 1. The number of carbonyl (C=O) groups excluding carboxylic acids is 1. The molecule has 0 saturated carbocycles. The maximum atomic E-state index is 12.1. The van der Waals surface area contributed by atoms with Crippen LogP contribution in [-0.4, -0.2) is 17.0 Å². The Morgan fingerprint density at radius 1 is 1.42 bits per heavy atom. The van der Waals surface area contributed by atoms with Crippen molar-refractivity contribution in [3.05, 3.63) is 40.4 Å². The summed E-state index contributed by atoms with van der Waals surface area (Å²) in [5, 5.41) is 3.46. The third-order valence-electron chi connectivity index (χ3n) is 3.20. The van der Waals surface area contributed by atoms with E-state index in [0.29, 0.717) is 11.6 Å². The van der Waals surface area contributed by atoms with Crippen molar-refractivity contribution in [1.82, 2.24) is 4.98 Å². The van der Waals surface area contributed by atoms with E-state index < -0.39 is 6.10 Å².